The first kappa shape index (κ1) is 12.1. The van der Waals surface area contributed by atoms with E-state index < -0.39 is 5.97 Å². The van der Waals surface area contributed by atoms with Crippen LogP contribution in [0.3, 0.4) is 0 Å². The highest BCUT2D eigenvalue weighted by atomic mass is 32.2. The lowest BCUT2D eigenvalue weighted by Crippen LogP contribution is -2.21. The van der Waals surface area contributed by atoms with Gasteiger partial charge in [0, 0.05) is 11.8 Å². The maximum Gasteiger partial charge on any atom is 0.339 e. The molecular weight excluding hydrogens is 214 g/mol. The Labute approximate surface area is 92.8 Å². The monoisotopic (exact) mass is 229 g/mol. The van der Waals surface area contributed by atoms with Crippen molar-refractivity contribution in [2.24, 2.45) is 5.73 Å². The van der Waals surface area contributed by atoms with Gasteiger partial charge in [-0.05, 0) is 12.5 Å². The molecule has 0 saturated heterocycles. The van der Waals surface area contributed by atoms with Crippen molar-refractivity contribution >= 4 is 17.7 Å². The summed E-state index contributed by atoms with van der Waals surface area (Å²) in [5.74, 6) is 0.938. The fourth-order valence-electron chi connectivity index (χ4n) is 1.06. The van der Waals surface area contributed by atoms with E-state index in [2.05, 4.69) is 0 Å². The fraction of sp³-hybridized carbons (Fsp3) is 0.500. The second-order valence-corrected chi connectivity index (χ2v) is 4.28. The molecule has 0 saturated carbocycles. The van der Waals surface area contributed by atoms with Crippen LogP contribution in [0.5, 0.6) is 0 Å². The smallest absolute Gasteiger partial charge is 0.339 e. The number of nitrogens with two attached hydrogens (primary N) is 1. The molecule has 15 heavy (non-hydrogen) atoms. The zero-order valence-electron chi connectivity index (χ0n) is 8.60. The molecule has 0 fully saturated rings. The number of carboxylic acids is 1. The molecule has 1 unspecified atom stereocenters. The van der Waals surface area contributed by atoms with Gasteiger partial charge in [-0.3, -0.25) is 0 Å². The van der Waals surface area contributed by atoms with Crippen LogP contribution in [0, 0.1) is 0 Å². The number of hydrogen-bond acceptors (Lipinski definition) is 4. The van der Waals surface area contributed by atoms with Crippen LogP contribution < -0.4 is 5.73 Å². The molecule has 1 atom stereocenters. The van der Waals surface area contributed by atoms with Gasteiger partial charge in [-0.2, -0.15) is 11.8 Å². The summed E-state index contributed by atoms with van der Waals surface area (Å²) in [6.07, 6.45) is 2.33. The first-order chi connectivity index (χ1) is 7.15. The molecule has 0 amide bonds. The van der Waals surface area contributed by atoms with Crippen LogP contribution in [0.4, 0.5) is 0 Å². The van der Waals surface area contributed by atoms with Crippen LogP contribution in [0.1, 0.15) is 29.5 Å². The Kier molecular flexibility index (Phi) is 4.71. The zero-order chi connectivity index (χ0) is 11.3. The summed E-state index contributed by atoms with van der Waals surface area (Å²) < 4.78 is 5.10. The standard InChI is InChI=1S/C10H15NO3S/c1-2-7(11)5-15-6-9-8(10(12)13)3-4-14-9/h3-4,7H,2,5-6,11H2,1H3,(H,12,13). The normalized spacial score (nSPS) is 12.7. The van der Waals surface area contributed by atoms with Gasteiger partial charge in [-0.1, -0.05) is 6.92 Å². The summed E-state index contributed by atoms with van der Waals surface area (Å²) in [4.78, 5) is 10.7. The molecule has 0 aliphatic heterocycles. The van der Waals surface area contributed by atoms with Crippen molar-refractivity contribution in [2.75, 3.05) is 5.75 Å². The van der Waals surface area contributed by atoms with E-state index in [1.165, 1.54) is 12.3 Å². The van der Waals surface area contributed by atoms with Crippen molar-refractivity contribution in [3.8, 4) is 0 Å². The predicted octanol–water partition coefficient (Wildman–Crippen LogP) is 1.95. The van der Waals surface area contributed by atoms with Gasteiger partial charge in [-0.25, -0.2) is 4.79 Å². The average molecular weight is 229 g/mol. The van der Waals surface area contributed by atoms with Gasteiger partial charge < -0.3 is 15.3 Å². The number of thioether (sulfide) groups is 1. The Morgan fingerprint density at radius 2 is 2.47 bits per heavy atom. The van der Waals surface area contributed by atoms with Gasteiger partial charge in [0.05, 0.1) is 12.0 Å². The highest BCUT2D eigenvalue weighted by molar-refractivity contribution is 7.98. The molecule has 84 valence electrons. The van der Waals surface area contributed by atoms with E-state index in [1.807, 2.05) is 6.92 Å². The number of rotatable bonds is 6. The summed E-state index contributed by atoms with van der Waals surface area (Å²) in [6.45, 7) is 2.03. The molecule has 1 aromatic heterocycles. The lowest BCUT2D eigenvalue weighted by molar-refractivity contribution is 0.0695. The summed E-state index contributed by atoms with van der Waals surface area (Å²) in [6, 6.07) is 1.64. The molecule has 0 radical (unpaired) electrons. The van der Waals surface area contributed by atoms with Gasteiger partial charge in [0.25, 0.3) is 0 Å². The number of carboxylic acid groups (broad SMARTS) is 1. The molecule has 1 rings (SSSR count). The molecule has 1 heterocycles. The average Bonchev–Trinajstić information content (AvgIpc) is 2.65. The van der Waals surface area contributed by atoms with E-state index in [4.69, 9.17) is 15.3 Å². The summed E-state index contributed by atoms with van der Waals surface area (Å²) in [7, 11) is 0. The highest BCUT2D eigenvalue weighted by Gasteiger charge is 2.13. The van der Waals surface area contributed by atoms with Crippen LogP contribution >= 0.6 is 11.8 Å². The second kappa shape index (κ2) is 5.82. The fourth-order valence-corrected chi connectivity index (χ4v) is 2.13. The van der Waals surface area contributed by atoms with Crippen LogP contribution in [-0.4, -0.2) is 22.9 Å². The van der Waals surface area contributed by atoms with Crippen molar-refractivity contribution in [1.29, 1.82) is 0 Å². The van der Waals surface area contributed by atoms with Crippen LogP contribution in [0.2, 0.25) is 0 Å². The summed E-state index contributed by atoms with van der Waals surface area (Å²) in [5.41, 5.74) is 5.99. The first-order valence-electron chi connectivity index (χ1n) is 4.78. The summed E-state index contributed by atoms with van der Waals surface area (Å²) in [5, 5.41) is 8.82. The molecule has 4 nitrogen and oxygen atoms in total. The van der Waals surface area contributed by atoms with E-state index in [9.17, 15) is 4.79 Å². The quantitative estimate of drug-likeness (QED) is 0.779. The number of carbonyl (C=O) groups is 1. The summed E-state index contributed by atoms with van der Waals surface area (Å²) >= 11 is 1.59. The maximum absolute atomic E-state index is 10.7. The van der Waals surface area contributed by atoms with Crippen molar-refractivity contribution in [1.82, 2.24) is 0 Å². The van der Waals surface area contributed by atoms with Crippen molar-refractivity contribution in [3.63, 3.8) is 0 Å². The largest absolute Gasteiger partial charge is 0.478 e. The van der Waals surface area contributed by atoms with Crippen molar-refractivity contribution in [2.45, 2.75) is 25.1 Å². The van der Waals surface area contributed by atoms with E-state index in [0.717, 1.165) is 12.2 Å². The highest BCUT2D eigenvalue weighted by Crippen LogP contribution is 2.18. The third-order valence-electron chi connectivity index (χ3n) is 2.07. The Bertz CT molecular complexity index is 324. The number of furan rings is 1. The molecule has 0 bridgehead atoms. The minimum absolute atomic E-state index is 0.165. The van der Waals surface area contributed by atoms with Gasteiger partial charge in [-0.15, -0.1) is 0 Å². The third kappa shape index (κ3) is 3.60. The lowest BCUT2D eigenvalue weighted by Gasteiger charge is -2.06. The van der Waals surface area contributed by atoms with Gasteiger partial charge in [0.2, 0.25) is 0 Å². The molecule has 0 aliphatic carbocycles. The topological polar surface area (TPSA) is 76.5 Å². The van der Waals surface area contributed by atoms with E-state index in [-0.39, 0.29) is 11.6 Å². The second-order valence-electron chi connectivity index (χ2n) is 3.25. The number of hydrogen-bond donors (Lipinski definition) is 2. The molecule has 3 N–H and O–H groups in total. The lowest BCUT2D eigenvalue weighted by atomic mass is 10.3. The van der Waals surface area contributed by atoms with Crippen molar-refractivity contribution in [3.05, 3.63) is 23.7 Å². The molecule has 0 aliphatic rings. The van der Waals surface area contributed by atoms with E-state index in [0.29, 0.717) is 11.5 Å². The first-order valence-corrected chi connectivity index (χ1v) is 5.93. The van der Waals surface area contributed by atoms with Gasteiger partial charge >= 0.3 is 5.97 Å². The van der Waals surface area contributed by atoms with Gasteiger partial charge in [0.15, 0.2) is 0 Å². The van der Waals surface area contributed by atoms with E-state index >= 15 is 0 Å². The van der Waals surface area contributed by atoms with Crippen molar-refractivity contribution < 1.29 is 14.3 Å². The minimum Gasteiger partial charge on any atom is -0.478 e. The third-order valence-corrected chi connectivity index (χ3v) is 3.20. The van der Waals surface area contributed by atoms with Crippen LogP contribution in [0.25, 0.3) is 0 Å². The molecule has 1 aromatic rings. The minimum atomic E-state index is -0.945. The molecule has 0 spiro atoms. The Morgan fingerprint density at radius 1 is 1.73 bits per heavy atom. The Balaban J connectivity index is 2.44. The predicted molar refractivity (Wildman–Crippen MR) is 60.1 cm³/mol. The molecule has 5 heteroatoms. The van der Waals surface area contributed by atoms with Gasteiger partial charge in [0.1, 0.15) is 11.3 Å². The maximum atomic E-state index is 10.7. The zero-order valence-corrected chi connectivity index (χ0v) is 9.42. The van der Waals surface area contributed by atoms with Crippen LogP contribution in [-0.2, 0) is 5.75 Å². The Hall–Kier alpha value is -0.940. The SMILES string of the molecule is CCC(N)CSCc1occc1C(=O)O. The Morgan fingerprint density at radius 3 is 3.07 bits per heavy atom. The molecular formula is C10H15NO3S. The molecule has 0 aromatic carbocycles. The van der Waals surface area contributed by atoms with E-state index in [1.54, 1.807) is 11.8 Å². The van der Waals surface area contributed by atoms with Crippen LogP contribution in [0.15, 0.2) is 16.7 Å². The number of aromatic carboxylic acids is 1.